The smallest absolute Gasteiger partial charge is 0.417 e. The van der Waals surface area contributed by atoms with E-state index in [0.717, 1.165) is 43.7 Å². The predicted octanol–water partition coefficient (Wildman–Crippen LogP) is 5.88. The molecule has 0 saturated carbocycles. The van der Waals surface area contributed by atoms with E-state index in [0.29, 0.717) is 18.6 Å². The van der Waals surface area contributed by atoms with Crippen LogP contribution in [0.5, 0.6) is 11.6 Å². The summed E-state index contributed by atoms with van der Waals surface area (Å²) in [5.41, 5.74) is -1.58. The van der Waals surface area contributed by atoms with E-state index in [1.807, 2.05) is 0 Å². The van der Waals surface area contributed by atoms with Gasteiger partial charge in [0.1, 0.15) is 11.9 Å². The van der Waals surface area contributed by atoms with Gasteiger partial charge >= 0.3 is 12.4 Å². The molecule has 3 atom stereocenters. The van der Waals surface area contributed by atoms with E-state index in [9.17, 15) is 26.3 Å². The lowest BCUT2D eigenvalue weighted by Gasteiger charge is -2.46. The number of pyridine rings is 1. The molecule has 2 aliphatic heterocycles. The maximum absolute atomic E-state index is 12.7. The number of halogens is 6. The van der Waals surface area contributed by atoms with E-state index in [-0.39, 0.29) is 24.1 Å². The van der Waals surface area contributed by atoms with Crippen molar-refractivity contribution in [3.05, 3.63) is 53.7 Å². The number of fused-ring (bicyclic) bond motifs is 2. The number of benzene rings is 1. The van der Waals surface area contributed by atoms with Crippen LogP contribution in [0.2, 0.25) is 0 Å². The van der Waals surface area contributed by atoms with Gasteiger partial charge in [-0.2, -0.15) is 26.3 Å². The molecule has 0 spiro atoms. The molecular formula is C21H20F6N2O2. The fraction of sp³-hybridized carbons (Fsp3) is 0.476. The number of nitrogens with zero attached hydrogens (tertiary/aromatic N) is 2. The number of aromatic nitrogens is 1. The van der Waals surface area contributed by atoms with Crippen molar-refractivity contribution in [2.75, 3.05) is 0 Å². The van der Waals surface area contributed by atoms with Crippen LogP contribution in [0.3, 0.4) is 0 Å². The quantitative estimate of drug-likeness (QED) is 0.550. The van der Waals surface area contributed by atoms with Crippen molar-refractivity contribution in [1.29, 1.82) is 0 Å². The summed E-state index contributed by atoms with van der Waals surface area (Å²) >= 11 is 0. The molecule has 0 N–H and O–H groups in total. The van der Waals surface area contributed by atoms with Gasteiger partial charge in [-0.1, -0.05) is 6.42 Å². The predicted molar refractivity (Wildman–Crippen MR) is 98.2 cm³/mol. The van der Waals surface area contributed by atoms with Crippen LogP contribution in [-0.2, 0) is 12.4 Å². The van der Waals surface area contributed by atoms with Crippen LogP contribution < -0.4 is 9.57 Å². The summed E-state index contributed by atoms with van der Waals surface area (Å²) in [6.07, 6.45) is -4.48. The molecule has 2 aliphatic rings. The van der Waals surface area contributed by atoms with Gasteiger partial charge in [0.15, 0.2) is 0 Å². The highest BCUT2D eigenvalue weighted by atomic mass is 19.4. The molecule has 2 bridgehead atoms. The van der Waals surface area contributed by atoms with Crippen LogP contribution in [0, 0.1) is 0 Å². The van der Waals surface area contributed by atoms with E-state index in [1.54, 1.807) is 5.06 Å². The molecule has 2 fully saturated rings. The first kappa shape index (κ1) is 21.7. The molecule has 1 aromatic carbocycles. The molecule has 10 heteroatoms. The molecule has 0 aliphatic carbocycles. The van der Waals surface area contributed by atoms with Crippen molar-refractivity contribution in [2.24, 2.45) is 0 Å². The third kappa shape index (κ3) is 5.06. The zero-order chi connectivity index (χ0) is 22.2. The molecular weight excluding hydrogens is 426 g/mol. The van der Waals surface area contributed by atoms with Crippen molar-refractivity contribution in [3.8, 4) is 11.6 Å². The molecule has 2 aromatic rings. The van der Waals surface area contributed by atoms with Crippen molar-refractivity contribution >= 4 is 0 Å². The van der Waals surface area contributed by atoms with Gasteiger partial charge in [-0.25, -0.2) is 4.98 Å². The van der Waals surface area contributed by atoms with Gasteiger partial charge in [-0.05, 0) is 43.2 Å². The average molecular weight is 446 g/mol. The number of piperidine rings is 2. The molecule has 168 valence electrons. The fourth-order valence-corrected chi connectivity index (χ4v) is 4.16. The maximum atomic E-state index is 12.7. The summed E-state index contributed by atoms with van der Waals surface area (Å²) in [5, 5.41) is 1.78. The minimum atomic E-state index is -4.46. The van der Waals surface area contributed by atoms with Crippen LogP contribution >= 0.6 is 0 Å². The van der Waals surface area contributed by atoms with Gasteiger partial charge in [0.25, 0.3) is 0 Å². The number of hydrogen-bond donors (Lipinski definition) is 0. The first-order chi connectivity index (χ1) is 14.6. The van der Waals surface area contributed by atoms with Crippen molar-refractivity contribution < 1.29 is 35.9 Å². The van der Waals surface area contributed by atoms with Crippen LogP contribution in [0.4, 0.5) is 26.3 Å². The lowest BCUT2D eigenvalue weighted by molar-refractivity contribution is -0.185. The highest BCUT2D eigenvalue weighted by Gasteiger charge is 2.41. The second-order valence-corrected chi connectivity index (χ2v) is 7.81. The summed E-state index contributed by atoms with van der Waals surface area (Å²) in [7, 11) is 0. The maximum Gasteiger partial charge on any atom is 0.417 e. The summed E-state index contributed by atoms with van der Waals surface area (Å²) < 4.78 is 82.2. The highest BCUT2D eigenvalue weighted by molar-refractivity contribution is 5.29. The van der Waals surface area contributed by atoms with Crippen LogP contribution in [0.1, 0.15) is 43.2 Å². The van der Waals surface area contributed by atoms with Gasteiger partial charge in [0.2, 0.25) is 5.88 Å². The molecule has 31 heavy (non-hydrogen) atoms. The molecule has 0 amide bonds. The summed E-state index contributed by atoms with van der Waals surface area (Å²) in [6, 6.07) is 6.70. The molecule has 0 radical (unpaired) electrons. The van der Waals surface area contributed by atoms with E-state index >= 15 is 0 Å². The highest BCUT2D eigenvalue weighted by Crippen LogP contribution is 2.37. The Morgan fingerprint density at radius 3 is 1.90 bits per heavy atom. The minimum Gasteiger partial charge on any atom is -0.490 e. The Morgan fingerprint density at radius 2 is 1.39 bits per heavy atom. The number of hydroxylamine groups is 2. The number of ether oxygens (including phenoxy) is 1. The SMILES string of the molecule is FC(F)(F)c1ccc(OC2C[C@H]3CCC[C@@H](C2)N3Oc2ccc(C(F)(F)F)cn2)cc1. The molecule has 1 unspecified atom stereocenters. The van der Waals surface area contributed by atoms with Gasteiger partial charge in [0, 0.05) is 37.2 Å². The standard InChI is InChI=1S/C21H20F6N2O2/c22-20(23,24)13-4-7-17(8-5-13)30-18-10-15-2-1-3-16(11-18)29(15)31-19-9-6-14(12-28-19)21(25,26)27/h4-9,12,15-16,18H,1-3,10-11H2/t15-,16+,18?. The van der Waals surface area contributed by atoms with Gasteiger partial charge < -0.3 is 9.57 Å². The number of rotatable bonds is 4. The third-order valence-electron chi connectivity index (χ3n) is 5.61. The average Bonchev–Trinajstić information content (AvgIpc) is 2.68. The third-order valence-corrected chi connectivity index (χ3v) is 5.61. The van der Waals surface area contributed by atoms with Gasteiger partial charge in [-0.3, -0.25) is 0 Å². The lowest BCUT2D eigenvalue weighted by Crippen LogP contribution is -2.55. The fourth-order valence-electron chi connectivity index (χ4n) is 4.16. The van der Waals surface area contributed by atoms with Crippen LogP contribution in [-0.4, -0.2) is 28.2 Å². The molecule has 3 heterocycles. The van der Waals surface area contributed by atoms with Gasteiger partial charge in [0.05, 0.1) is 11.1 Å². The second-order valence-electron chi connectivity index (χ2n) is 7.81. The van der Waals surface area contributed by atoms with E-state index in [4.69, 9.17) is 9.57 Å². The summed E-state index contributed by atoms with van der Waals surface area (Å²) in [5.74, 6) is 0.460. The number of hydrogen-bond acceptors (Lipinski definition) is 4. The zero-order valence-corrected chi connectivity index (χ0v) is 16.3. The first-order valence-electron chi connectivity index (χ1n) is 9.93. The van der Waals surface area contributed by atoms with Crippen LogP contribution in [0.15, 0.2) is 42.6 Å². The van der Waals surface area contributed by atoms with E-state index < -0.39 is 23.5 Å². The Kier molecular flexibility index (Phi) is 5.76. The van der Waals surface area contributed by atoms with Crippen LogP contribution in [0.25, 0.3) is 0 Å². The zero-order valence-electron chi connectivity index (χ0n) is 16.3. The van der Waals surface area contributed by atoms with Crippen molar-refractivity contribution in [2.45, 2.75) is 62.6 Å². The lowest BCUT2D eigenvalue weighted by atomic mass is 9.84. The topological polar surface area (TPSA) is 34.6 Å². The van der Waals surface area contributed by atoms with E-state index in [1.165, 1.54) is 18.2 Å². The number of alkyl halides is 6. The van der Waals surface area contributed by atoms with Crippen molar-refractivity contribution in [1.82, 2.24) is 10.0 Å². The Labute approximate surface area is 174 Å². The summed E-state index contributed by atoms with van der Waals surface area (Å²) in [4.78, 5) is 9.59. The minimum absolute atomic E-state index is 0.0176. The van der Waals surface area contributed by atoms with Crippen molar-refractivity contribution in [3.63, 3.8) is 0 Å². The Balaban J connectivity index is 1.40. The van der Waals surface area contributed by atoms with Gasteiger partial charge in [-0.15, -0.1) is 5.06 Å². The molecule has 2 saturated heterocycles. The Hall–Kier alpha value is -2.49. The monoisotopic (exact) mass is 446 g/mol. The Morgan fingerprint density at radius 1 is 0.806 bits per heavy atom. The summed E-state index contributed by atoms with van der Waals surface area (Å²) in [6.45, 7) is 0. The second kappa shape index (κ2) is 8.22. The first-order valence-corrected chi connectivity index (χ1v) is 9.93. The molecule has 4 rings (SSSR count). The normalized spacial score (nSPS) is 24.6. The molecule has 4 nitrogen and oxygen atoms in total. The molecule has 1 aromatic heterocycles. The van der Waals surface area contributed by atoms with E-state index in [2.05, 4.69) is 4.98 Å². The largest absolute Gasteiger partial charge is 0.490 e. The Bertz CT molecular complexity index is 869.